The minimum atomic E-state index is -0.426. The monoisotopic (exact) mass is 591 g/mol. The molecular formula is C34H29N3O3S2. The number of rotatable bonds is 8. The highest BCUT2D eigenvalue weighted by Gasteiger charge is 2.23. The first-order chi connectivity index (χ1) is 20.6. The van der Waals surface area contributed by atoms with Crippen molar-refractivity contribution >= 4 is 63.5 Å². The number of carbonyl (C=O) groups is 3. The topological polar surface area (TPSA) is 80.2 Å². The zero-order chi connectivity index (χ0) is 28.9. The smallest absolute Gasteiger partial charge is 0.272 e. The average molecular weight is 592 g/mol. The summed E-state index contributed by atoms with van der Waals surface area (Å²) in [5.41, 5.74) is 5.51. The van der Waals surface area contributed by atoms with Crippen LogP contribution < -0.4 is 10.6 Å². The lowest BCUT2D eigenvalue weighted by Gasteiger charge is -2.15. The average Bonchev–Trinajstić information content (AvgIpc) is 3.66. The van der Waals surface area contributed by atoms with Crippen molar-refractivity contribution in [3.63, 3.8) is 0 Å². The van der Waals surface area contributed by atoms with Gasteiger partial charge >= 0.3 is 0 Å². The first-order valence-corrected chi connectivity index (χ1v) is 15.8. The van der Waals surface area contributed by atoms with Crippen LogP contribution in [0.2, 0.25) is 0 Å². The number of benzene rings is 3. The van der Waals surface area contributed by atoms with E-state index in [-0.39, 0.29) is 17.5 Å². The summed E-state index contributed by atoms with van der Waals surface area (Å²) in [5, 5.41) is 10.6. The van der Waals surface area contributed by atoms with Gasteiger partial charge in [-0.1, -0.05) is 36.4 Å². The molecule has 0 bridgehead atoms. The van der Waals surface area contributed by atoms with Gasteiger partial charge in [0.1, 0.15) is 5.70 Å². The van der Waals surface area contributed by atoms with E-state index in [4.69, 9.17) is 0 Å². The van der Waals surface area contributed by atoms with Crippen LogP contribution in [0.3, 0.4) is 0 Å². The third-order valence-corrected chi connectivity index (χ3v) is 8.98. The molecule has 2 amide bonds. The largest absolute Gasteiger partial charge is 0.321 e. The second-order valence-electron chi connectivity index (χ2n) is 10.1. The molecule has 1 aliphatic carbocycles. The lowest BCUT2D eigenvalue weighted by Crippen LogP contribution is -2.30. The van der Waals surface area contributed by atoms with Gasteiger partial charge in [-0.25, -0.2) is 0 Å². The number of hydrogen-bond acceptors (Lipinski definition) is 5. The normalized spacial score (nSPS) is 13.0. The molecule has 6 nitrogen and oxygen atoms in total. The number of carbonyl (C=O) groups excluding carboxylic acids is 3. The number of thiophene rings is 1. The van der Waals surface area contributed by atoms with Gasteiger partial charge < -0.3 is 10.6 Å². The van der Waals surface area contributed by atoms with Gasteiger partial charge in [-0.15, -0.1) is 11.8 Å². The Kier molecular flexibility index (Phi) is 8.35. The number of hydrogen-bond donors (Lipinski definition) is 2. The molecule has 0 fully saturated rings. The summed E-state index contributed by atoms with van der Waals surface area (Å²) in [5.74, 6) is -0.393. The number of amides is 2. The van der Waals surface area contributed by atoms with Crippen LogP contribution in [0, 0.1) is 0 Å². The van der Waals surface area contributed by atoms with Gasteiger partial charge in [0.05, 0.1) is 11.3 Å². The van der Waals surface area contributed by atoms with E-state index in [1.54, 1.807) is 42.5 Å². The lowest BCUT2D eigenvalue weighted by atomic mass is 9.96. The van der Waals surface area contributed by atoms with Crippen molar-refractivity contribution < 1.29 is 14.4 Å². The molecule has 0 radical (unpaired) electrons. The maximum atomic E-state index is 13.4. The molecule has 3 aromatic carbocycles. The molecule has 0 spiro atoms. The number of fused-ring (bicyclic) bond motifs is 3. The fraction of sp³-hybridized carbons (Fsp3) is 0.147. The Bertz CT molecular complexity index is 1770. The van der Waals surface area contributed by atoms with Crippen molar-refractivity contribution in [3.8, 4) is 0 Å². The zero-order valence-corrected chi connectivity index (χ0v) is 24.5. The minimum Gasteiger partial charge on any atom is -0.321 e. The van der Waals surface area contributed by atoms with E-state index in [0.717, 1.165) is 47.4 Å². The standard InChI is InChI=1S/C34H29N3O3S2/c38-32(37-30-12-6-4-10-27(30)28-11-5-7-13-31(28)37)22-42-26-16-14-25(15-17-26)35-34(40)29(20-23-18-19-41-21-23)36-33(39)24-8-2-1-3-9-24/h1-4,6,8-10,12,14-21H,5,7,11,13,22H2,(H,35,40)(H,36,39)/b29-20-. The number of nitrogens with one attached hydrogen (secondary N) is 2. The quantitative estimate of drug-likeness (QED) is 0.145. The SMILES string of the molecule is O=C(Nc1ccc(SCC(=O)n2c3c(c4ccccc42)CCCC3)cc1)/C(=C/c1ccsc1)NC(=O)c1ccccc1. The summed E-state index contributed by atoms with van der Waals surface area (Å²) in [6.45, 7) is 0. The first-order valence-electron chi connectivity index (χ1n) is 13.9. The molecule has 2 N–H and O–H groups in total. The van der Waals surface area contributed by atoms with Crippen LogP contribution in [0.5, 0.6) is 0 Å². The Morgan fingerprint density at radius 3 is 2.43 bits per heavy atom. The molecular weight excluding hydrogens is 563 g/mol. The summed E-state index contributed by atoms with van der Waals surface area (Å²) in [4.78, 5) is 40.4. The molecule has 6 rings (SSSR count). The maximum Gasteiger partial charge on any atom is 0.272 e. The molecule has 2 aromatic heterocycles. The number of anilines is 1. The second-order valence-corrected chi connectivity index (χ2v) is 11.9. The van der Waals surface area contributed by atoms with Crippen molar-refractivity contribution in [2.75, 3.05) is 11.1 Å². The van der Waals surface area contributed by atoms with Crippen molar-refractivity contribution in [1.29, 1.82) is 0 Å². The number of nitrogens with zero attached hydrogens (tertiary/aromatic N) is 1. The molecule has 0 saturated heterocycles. The van der Waals surface area contributed by atoms with Crippen LogP contribution in [0.15, 0.2) is 106 Å². The third kappa shape index (κ3) is 6.10. The van der Waals surface area contributed by atoms with Crippen molar-refractivity contribution in [2.24, 2.45) is 0 Å². The van der Waals surface area contributed by atoms with Gasteiger partial charge in [0.15, 0.2) is 0 Å². The minimum absolute atomic E-state index is 0.0779. The molecule has 0 aliphatic heterocycles. The molecule has 1 aliphatic rings. The van der Waals surface area contributed by atoms with Crippen LogP contribution in [-0.2, 0) is 17.6 Å². The van der Waals surface area contributed by atoms with Crippen molar-refractivity contribution in [3.05, 3.63) is 124 Å². The van der Waals surface area contributed by atoms with E-state index in [0.29, 0.717) is 17.0 Å². The fourth-order valence-electron chi connectivity index (χ4n) is 5.29. The Balaban J connectivity index is 1.13. The number of thioether (sulfide) groups is 1. The Labute approximate surface area is 252 Å². The molecule has 42 heavy (non-hydrogen) atoms. The second kappa shape index (κ2) is 12.6. The molecule has 0 atom stereocenters. The predicted octanol–water partition coefficient (Wildman–Crippen LogP) is 7.42. The van der Waals surface area contributed by atoms with Gasteiger partial charge in [-0.05, 0) is 102 Å². The summed E-state index contributed by atoms with van der Waals surface area (Å²) < 4.78 is 1.93. The zero-order valence-electron chi connectivity index (χ0n) is 22.8. The highest BCUT2D eigenvalue weighted by atomic mass is 32.2. The Hall–Kier alpha value is -4.40. The van der Waals surface area contributed by atoms with Gasteiger partial charge in [0.25, 0.3) is 11.8 Å². The van der Waals surface area contributed by atoms with Gasteiger partial charge in [-0.2, -0.15) is 11.3 Å². The lowest BCUT2D eigenvalue weighted by molar-refractivity contribution is -0.113. The van der Waals surface area contributed by atoms with Crippen molar-refractivity contribution in [1.82, 2.24) is 9.88 Å². The van der Waals surface area contributed by atoms with E-state index in [1.807, 2.05) is 57.8 Å². The Morgan fingerprint density at radius 2 is 1.64 bits per heavy atom. The van der Waals surface area contributed by atoms with Gasteiger partial charge in [0.2, 0.25) is 5.91 Å². The van der Waals surface area contributed by atoms with Crippen LogP contribution in [0.1, 0.15) is 44.8 Å². The van der Waals surface area contributed by atoms with Crippen LogP contribution in [0.4, 0.5) is 5.69 Å². The van der Waals surface area contributed by atoms with E-state index in [1.165, 1.54) is 34.0 Å². The summed E-state index contributed by atoms with van der Waals surface area (Å²) in [6, 6.07) is 26.2. The Morgan fingerprint density at radius 1 is 0.881 bits per heavy atom. The summed E-state index contributed by atoms with van der Waals surface area (Å²) in [6.07, 6.45) is 5.89. The predicted molar refractivity (Wildman–Crippen MR) is 171 cm³/mol. The maximum absolute atomic E-state index is 13.4. The molecule has 8 heteroatoms. The van der Waals surface area contributed by atoms with E-state index in [9.17, 15) is 14.4 Å². The summed E-state index contributed by atoms with van der Waals surface area (Å²) in [7, 11) is 0. The molecule has 210 valence electrons. The highest BCUT2D eigenvalue weighted by Crippen LogP contribution is 2.33. The van der Waals surface area contributed by atoms with E-state index in [2.05, 4.69) is 16.7 Å². The van der Waals surface area contributed by atoms with E-state index < -0.39 is 5.91 Å². The van der Waals surface area contributed by atoms with Crippen molar-refractivity contribution in [2.45, 2.75) is 30.6 Å². The first kappa shape index (κ1) is 27.8. The van der Waals surface area contributed by atoms with Crippen LogP contribution >= 0.6 is 23.1 Å². The molecule has 5 aromatic rings. The third-order valence-electron chi connectivity index (χ3n) is 7.29. The highest BCUT2D eigenvalue weighted by molar-refractivity contribution is 8.00. The van der Waals surface area contributed by atoms with Gasteiger partial charge in [0, 0.05) is 27.2 Å². The number of aryl methyl sites for hydroxylation is 1. The van der Waals surface area contributed by atoms with Gasteiger partial charge in [-0.3, -0.25) is 19.0 Å². The molecule has 0 saturated carbocycles. The number of para-hydroxylation sites is 1. The fourth-order valence-corrected chi connectivity index (χ4v) is 6.65. The molecule has 0 unspecified atom stereocenters. The van der Waals surface area contributed by atoms with E-state index >= 15 is 0 Å². The molecule has 2 heterocycles. The number of aromatic nitrogens is 1. The van der Waals surface area contributed by atoms with Crippen LogP contribution in [0.25, 0.3) is 17.0 Å². The van der Waals surface area contributed by atoms with Crippen LogP contribution in [-0.4, -0.2) is 28.0 Å². The summed E-state index contributed by atoms with van der Waals surface area (Å²) >= 11 is 2.99.